The molecule has 112 valence electrons. The first-order valence-electron chi connectivity index (χ1n) is 6.18. The van der Waals surface area contributed by atoms with E-state index in [1.165, 1.54) is 7.11 Å². The van der Waals surface area contributed by atoms with Crippen LogP contribution in [0.1, 0.15) is 12.0 Å². The van der Waals surface area contributed by atoms with Gasteiger partial charge in [0.15, 0.2) is 0 Å². The summed E-state index contributed by atoms with van der Waals surface area (Å²) in [6.07, 6.45) is 0.171. The average Bonchev–Trinajstić information content (AvgIpc) is 2.45. The van der Waals surface area contributed by atoms with Gasteiger partial charge >= 0.3 is 5.97 Å². The van der Waals surface area contributed by atoms with Crippen LogP contribution in [0, 0.1) is 0 Å². The highest BCUT2D eigenvalue weighted by Crippen LogP contribution is 2.04. The van der Waals surface area contributed by atoms with Crippen LogP contribution in [0.25, 0.3) is 0 Å². The number of esters is 1. The average molecular weight is 301 g/mol. The van der Waals surface area contributed by atoms with Crippen LogP contribution in [0.4, 0.5) is 0 Å². The highest BCUT2D eigenvalue weighted by Gasteiger charge is 2.19. The Kier molecular flexibility index (Phi) is 6.63. The van der Waals surface area contributed by atoms with Crippen molar-refractivity contribution in [2.45, 2.75) is 18.9 Å². The summed E-state index contributed by atoms with van der Waals surface area (Å²) < 4.78 is 30.3. The highest BCUT2D eigenvalue weighted by molar-refractivity contribution is 7.89. The number of hydrogen-bond acceptors (Lipinski definition) is 5. The molecule has 2 N–H and O–H groups in total. The van der Waals surface area contributed by atoms with Crippen LogP contribution in [0.3, 0.4) is 0 Å². The molecule has 0 fully saturated rings. The van der Waals surface area contributed by atoms with E-state index in [0.717, 1.165) is 5.56 Å². The molecule has 7 heteroatoms. The lowest BCUT2D eigenvalue weighted by atomic mass is 10.1. The molecule has 1 atom stereocenters. The number of sulfonamides is 1. The molecule has 0 aliphatic rings. The summed E-state index contributed by atoms with van der Waals surface area (Å²) in [7, 11) is -2.43. The van der Waals surface area contributed by atoms with Gasteiger partial charge in [0.1, 0.15) is 0 Å². The Labute approximate surface area is 118 Å². The summed E-state index contributed by atoms with van der Waals surface area (Å²) in [6, 6.07) is 8.64. The van der Waals surface area contributed by atoms with Crippen LogP contribution >= 0.6 is 0 Å². The van der Waals surface area contributed by atoms with E-state index in [1.807, 2.05) is 30.3 Å². The zero-order chi connectivity index (χ0) is 15.0. The Morgan fingerprint density at radius 1 is 1.35 bits per heavy atom. The van der Waals surface area contributed by atoms with Gasteiger partial charge < -0.3 is 9.84 Å². The number of hydrogen-bond donors (Lipinski definition) is 2. The molecule has 0 aliphatic carbocycles. The van der Waals surface area contributed by atoms with Gasteiger partial charge in [-0.25, -0.2) is 13.1 Å². The molecule has 0 amide bonds. The van der Waals surface area contributed by atoms with Crippen LogP contribution in [0.15, 0.2) is 30.3 Å². The second kappa shape index (κ2) is 7.98. The van der Waals surface area contributed by atoms with Crippen molar-refractivity contribution in [3.05, 3.63) is 35.9 Å². The van der Waals surface area contributed by atoms with Gasteiger partial charge in [-0.15, -0.1) is 0 Å². The lowest BCUT2D eigenvalue weighted by molar-refractivity contribution is -0.140. The monoisotopic (exact) mass is 301 g/mol. The molecule has 0 aliphatic heterocycles. The van der Waals surface area contributed by atoms with E-state index < -0.39 is 22.0 Å². The molecule has 0 unspecified atom stereocenters. The largest absolute Gasteiger partial charge is 0.469 e. The molecule has 0 saturated heterocycles. The van der Waals surface area contributed by atoms with Gasteiger partial charge in [-0.05, 0) is 12.0 Å². The van der Waals surface area contributed by atoms with Crippen LogP contribution < -0.4 is 4.72 Å². The maximum Gasteiger partial charge on any atom is 0.306 e. The molecular formula is C13H19NO5S. The molecule has 1 aromatic rings. The van der Waals surface area contributed by atoms with Crippen molar-refractivity contribution in [1.82, 2.24) is 4.72 Å². The predicted molar refractivity (Wildman–Crippen MR) is 74.6 cm³/mol. The zero-order valence-electron chi connectivity index (χ0n) is 11.3. The number of carbonyl (C=O) groups excluding carboxylic acids is 1. The van der Waals surface area contributed by atoms with Crippen LogP contribution in [-0.4, -0.2) is 45.0 Å². The predicted octanol–water partition coefficient (Wildman–Crippen LogP) is 0.0725. The normalized spacial score (nSPS) is 12.9. The van der Waals surface area contributed by atoms with E-state index in [0.29, 0.717) is 6.42 Å². The third-order valence-electron chi connectivity index (χ3n) is 2.69. The number of aliphatic hydroxyl groups is 1. The van der Waals surface area contributed by atoms with E-state index in [1.54, 1.807) is 0 Å². The van der Waals surface area contributed by atoms with E-state index >= 15 is 0 Å². The van der Waals surface area contributed by atoms with E-state index in [9.17, 15) is 18.3 Å². The minimum absolute atomic E-state index is 0.213. The number of methoxy groups -OCH3 is 1. The standard InChI is InChI=1S/C13H19NO5S/c1-19-13(16)7-8-20(17,18)14-12(10-15)9-11-5-3-2-4-6-11/h2-6,12,14-15H,7-10H2,1H3/t12-/m0/s1. The van der Waals surface area contributed by atoms with E-state index in [-0.39, 0.29) is 18.8 Å². The lowest BCUT2D eigenvalue weighted by Gasteiger charge is -2.16. The molecule has 20 heavy (non-hydrogen) atoms. The van der Waals surface area contributed by atoms with Crippen LogP contribution in [0.5, 0.6) is 0 Å². The van der Waals surface area contributed by atoms with E-state index in [2.05, 4.69) is 9.46 Å². The van der Waals surface area contributed by atoms with Crippen molar-refractivity contribution in [2.75, 3.05) is 19.5 Å². The van der Waals surface area contributed by atoms with Crippen LogP contribution in [-0.2, 0) is 26.0 Å². The van der Waals surface area contributed by atoms with Crippen molar-refractivity contribution in [1.29, 1.82) is 0 Å². The first kappa shape index (κ1) is 16.6. The third-order valence-corrected chi connectivity index (χ3v) is 4.13. The maximum atomic E-state index is 11.8. The number of carbonyl (C=O) groups is 1. The van der Waals surface area contributed by atoms with Gasteiger partial charge in [0.25, 0.3) is 0 Å². The van der Waals surface area contributed by atoms with Crippen molar-refractivity contribution < 1.29 is 23.1 Å². The number of benzene rings is 1. The minimum atomic E-state index is -3.63. The van der Waals surface area contributed by atoms with Crippen molar-refractivity contribution >= 4 is 16.0 Å². The lowest BCUT2D eigenvalue weighted by Crippen LogP contribution is -2.40. The number of nitrogens with one attached hydrogen (secondary N) is 1. The molecule has 0 saturated carbocycles. The fourth-order valence-corrected chi connectivity index (χ4v) is 2.89. The molecule has 0 radical (unpaired) electrons. The number of aliphatic hydroxyl groups excluding tert-OH is 1. The Morgan fingerprint density at radius 3 is 2.55 bits per heavy atom. The second-order valence-corrected chi connectivity index (χ2v) is 6.21. The summed E-state index contributed by atoms with van der Waals surface area (Å²) in [6.45, 7) is -0.313. The first-order chi connectivity index (χ1) is 9.46. The second-order valence-electron chi connectivity index (χ2n) is 4.33. The Balaban J connectivity index is 2.56. The summed E-state index contributed by atoms with van der Waals surface area (Å²) in [5.74, 6) is -0.940. The van der Waals surface area contributed by atoms with Gasteiger partial charge in [0, 0.05) is 6.04 Å². The summed E-state index contributed by atoms with van der Waals surface area (Å²) in [5, 5.41) is 9.26. The molecule has 0 spiro atoms. The Hall–Kier alpha value is -1.44. The van der Waals surface area contributed by atoms with Crippen molar-refractivity contribution in [2.24, 2.45) is 0 Å². The molecule has 1 aromatic carbocycles. The van der Waals surface area contributed by atoms with Crippen molar-refractivity contribution in [3.8, 4) is 0 Å². The molecular weight excluding hydrogens is 282 g/mol. The van der Waals surface area contributed by atoms with Gasteiger partial charge in [0.2, 0.25) is 10.0 Å². The molecule has 1 rings (SSSR count). The number of rotatable bonds is 8. The van der Waals surface area contributed by atoms with Crippen molar-refractivity contribution in [3.63, 3.8) is 0 Å². The summed E-state index contributed by atoms with van der Waals surface area (Å²) in [5.41, 5.74) is 0.919. The Morgan fingerprint density at radius 2 is 2.00 bits per heavy atom. The smallest absolute Gasteiger partial charge is 0.306 e. The van der Waals surface area contributed by atoms with Gasteiger partial charge in [-0.1, -0.05) is 30.3 Å². The SMILES string of the molecule is COC(=O)CCS(=O)(=O)N[C@H](CO)Cc1ccccc1. The quantitative estimate of drug-likeness (QED) is 0.663. The van der Waals surface area contributed by atoms with Gasteiger partial charge in [-0.2, -0.15) is 0 Å². The van der Waals surface area contributed by atoms with Crippen LogP contribution in [0.2, 0.25) is 0 Å². The molecule has 0 aromatic heterocycles. The first-order valence-corrected chi connectivity index (χ1v) is 7.83. The molecule has 0 heterocycles. The highest BCUT2D eigenvalue weighted by atomic mass is 32.2. The minimum Gasteiger partial charge on any atom is -0.469 e. The fourth-order valence-electron chi connectivity index (χ4n) is 1.67. The molecule has 0 bridgehead atoms. The summed E-state index contributed by atoms with van der Waals surface area (Å²) >= 11 is 0. The topological polar surface area (TPSA) is 92.7 Å². The zero-order valence-corrected chi connectivity index (χ0v) is 12.1. The number of ether oxygens (including phenoxy) is 1. The summed E-state index contributed by atoms with van der Waals surface area (Å²) in [4.78, 5) is 10.9. The van der Waals surface area contributed by atoms with Gasteiger partial charge in [0.05, 0.1) is 25.9 Å². The maximum absolute atomic E-state index is 11.8. The Bertz CT molecular complexity index is 515. The van der Waals surface area contributed by atoms with E-state index in [4.69, 9.17) is 0 Å². The fraction of sp³-hybridized carbons (Fsp3) is 0.462. The third kappa shape index (κ3) is 6.14. The van der Waals surface area contributed by atoms with Gasteiger partial charge in [-0.3, -0.25) is 4.79 Å². The molecule has 6 nitrogen and oxygen atoms in total.